The summed E-state index contributed by atoms with van der Waals surface area (Å²) < 4.78 is 18.5. The minimum Gasteiger partial charge on any atom is -0.465 e. The van der Waals surface area contributed by atoms with Gasteiger partial charge in [-0.05, 0) is 61.6 Å². The van der Waals surface area contributed by atoms with E-state index in [-0.39, 0.29) is 23.8 Å². The van der Waals surface area contributed by atoms with Gasteiger partial charge in [-0.25, -0.2) is 9.38 Å². The molecule has 0 spiro atoms. The van der Waals surface area contributed by atoms with E-state index in [9.17, 15) is 9.18 Å². The zero-order valence-corrected chi connectivity index (χ0v) is 14.2. The number of rotatable bonds is 3. The maximum atomic E-state index is 13.0. The summed E-state index contributed by atoms with van der Waals surface area (Å²) in [6.45, 7) is 2.24. The average Bonchev–Trinajstić information content (AvgIpc) is 2.63. The van der Waals surface area contributed by atoms with Gasteiger partial charge < -0.3 is 4.74 Å². The molecule has 25 heavy (non-hydrogen) atoms. The Morgan fingerprint density at radius 3 is 2.76 bits per heavy atom. The molecule has 0 unspecified atom stereocenters. The minimum atomic E-state index is -0.380. The van der Waals surface area contributed by atoms with Crippen molar-refractivity contribution in [3.8, 4) is 0 Å². The molecule has 0 saturated carbocycles. The maximum Gasteiger partial charge on any atom is 0.292 e. The molecule has 1 aliphatic rings. The van der Waals surface area contributed by atoms with Crippen molar-refractivity contribution >= 4 is 11.9 Å². The van der Waals surface area contributed by atoms with Crippen molar-refractivity contribution < 1.29 is 13.9 Å². The van der Waals surface area contributed by atoms with E-state index in [2.05, 4.69) is 22.4 Å². The van der Waals surface area contributed by atoms with Crippen LogP contribution in [0.3, 0.4) is 0 Å². The number of nitrogens with zero attached hydrogens (tertiary/aromatic N) is 1. The Balaban J connectivity index is 1.80. The van der Waals surface area contributed by atoms with E-state index in [0.717, 1.165) is 19.3 Å². The highest BCUT2D eigenvalue weighted by Gasteiger charge is 2.21. The number of carbonyl (C=O) groups is 1. The SMILES string of the molecule is CCOC(=N[C@@H]1CCCc2ccccc21)NC(=O)c1ccc(F)cc1. The summed E-state index contributed by atoms with van der Waals surface area (Å²) in [6, 6.07) is 13.8. The lowest BCUT2D eigenvalue weighted by molar-refractivity contribution is 0.0966. The van der Waals surface area contributed by atoms with Crippen molar-refractivity contribution in [2.45, 2.75) is 32.2 Å². The zero-order chi connectivity index (χ0) is 17.6. The number of benzene rings is 2. The van der Waals surface area contributed by atoms with Crippen LogP contribution in [-0.4, -0.2) is 18.5 Å². The van der Waals surface area contributed by atoms with Crippen LogP contribution in [0.5, 0.6) is 0 Å². The van der Waals surface area contributed by atoms with E-state index in [1.54, 1.807) is 0 Å². The molecule has 3 rings (SSSR count). The highest BCUT2D eigenvalue weighted by molar-refractivity contribution is 6.04. The van der Waals surface area contributed by atoms with Gasteiger partial charge in [0.25, 0.3) is 11.9 Å². The number of amides is 1. The Morgan fingerprint density at radius 1 is 1.24 bits per heavy atom. The molecule has 1 atom stereocenters. The first-order valence-electron chi connectivity index (χ1n) is 8.52. The third kappa shape index (κ3) is 4.24. The minimum absolute atomic E-state index is 0.0278. The van der Waals surface area contributed by atoms with E-state index in [1.807, 2.05) is 19.1 Å². The Labute approximate surface area is 146 Å². The van der Waals surface area contributed by atoms with E-state index in [0.29, 0.717) is 12.2 Å². The Hall–Kier alpha value is -2.69. The molecule has 5 heteroatoms. The van der Waals surface area contributed by atoms with Crippen molar-refractivity contribution in [2.75, 3.05) is 6.61 Å². The van der Waals surface area contributed by atoms with E-state index in [4.69, 9.17) is 4.74 Å². The van der Waals surface area contributed by atoms with Crippen molar-refractivity contribution in [2.24, 2.45) is 4.99 Å². The molecule has 4 nitrogen and oxygen atoms in total. The number of aliphatic imine (C=N–C) groups is 1. The normalized spacial score (nSPS) is 16.9. The lowest BCUT2D eigenvalue weighted by Gasteiger charge is -2.23. The summed E-state index contributed by atoms with van der Waals surface area (Å²) in [5.41, 5.74) is 2.84. The predicted molar refractivity (Wildman–Crippen MR) is 95.0 cm³/mol. The molecule has 0 fully saturated rings. The largest absolute Gasteiger partial charge is 0.465 e. The average molecular weight is 340 g/mol. The molecule has 1 N–H and O–H groups in total. The number of halogens is 1. The fraction of sp³-hybridized carbons (Fsp3) is 0.300. The van der Waals surface area contributed by atoms with Gasteiger partial charge in [0.2, 0.25) is 0 Å². The molecule has 0 bridgehead atoms. The van der Waals surface area contributed by atoms with Gasteiger partial charge >= 0.3 is 0 Å². The standard InChI is InChI=1S/C20H21FN2O2/c1-2-25-20(23-19(24)15-10-12-16(21)13-11-15)22-18-9-5-7-14-6-3-4-8-17(14)18/h3-4,6,8,10-13,18H,2,5,7,9H2,1H3,(H,22,23,24)/t18-/m1/s1. The number of aryl methyl sites for hydroxylation is 1. The monoisotopic (exact) mass is 340 g/mol. The van der Waals surface area contributed by atoms with Gasteiger partial charge in [0.15, 0.2) is 0 Å². The molecule has 2 aromatic carbocycles. The molecule has 0 heterocycles. The molecule has 130 valence electrons. The van der Waals surface area contributed by atoms with Crippen molar-refractivity contribution in [3.05, 3.63) is 71.0 Å². The van der Waals surface area contributed by atoms with Gasteiger partial charge in [-0.2, -0.15) is 0 Å². The van der Waals surface area contributed by atoms with Crippen LogP contribution in [0.4, 0.5) is 4.39 Å². The molecule has 1 aliphatic carbocycles. The number of hydrogen-bond donors (Lipinski definition) is 1. The van der Waals surface area contributed by atoms with E-state index >= 15 is 0 Å². The van der Waals surface area contributed by atoms with Gasteiger partial charge in [-0.3, -0.25) is 10.1 Å². The molecule has 2 aromatic rings. The first-order chi connectivity index (χ1) is 12.2. The van der Waals surface area contributed by atoms with Crippen molar-refractivity contribution in [1.82, 2.24) is 5.32 Å². The van der Waals surface area contributed by atoms with Crippen molar-refractivity contribution in [1.29, 1.82) is 0 Å². The topological polar surface area (TPSA) is 50.7 Å². The molecule has 0 aromatic heterocycles. The zero-order valence-electron chi connectivity index (χ0n) is 14.2. The van der Waals surface area contributed by atoms with Crippen LogP contribution in [0.15, 0.2) is 53.5 Å². The van der Waals surface area contributed by atoms with Crippen LogP contribution in [0.1, 0.15) is 47.3 Å². The first kappa shape index (κ1) is 17.1. The molecule has 0 saturated heterocycles. The van der Waals surface area contributed by atoms with Crippen LogP contribution < -0.4 is 5.32 Å². The fourth-order valence-electron chi connectivity index (χ4n) is 3.02. The highest BCUT2D eigenvalue weighted by atomic mass is 19.1. The van der Waals surface area contributed by atoms with Crippen LogP contribution in [0, 0.1) is 5.82 Å². The van der Waals surface area contributed by atoms with Crippen LogP contribution in [0.2, 0.25) is 0 Å². The predicted octanol–water partition coefficient (Wildman–Crippen LogP) is 4.03. The number of nitrogens with one attached hydrogen (secondary N) is 1. The summed E-state index contributed by atoms with van der Waals surface area (Å²) in [5.74, 6) is -0.745. The summed E-state index contributed by atoms with van der Waals surface area (Å²) in [4.78, 5) is 17.0. The summed E-state index contributed by atoms with van der Waals surface area (Å²) in [5, 5.41) is 2.70. The van der Waals surface area contributed by atoms with Gasteiger partial charge in [0.1, 0.15) is 5.82 Å². The fourth-order valence-corrected chi connectivity index (χ4v) is 3.02. The number of amidine groups is 1. The number of ether oxygens (including phenoxy) is 1. The van der Waals surface area contributed by atoms with Gasteiger partial charge in [-0.15, -0.1) is 0 Å². The third-order valence-electron chi connectivity index (χ3n) is 4.22. The Kier molecular flexibility index (Phi) is 5.43. The molecular weight excluding hydrogens is 319 g/mol. The highest BCUT2D eigenvalue weighted by Crippen LogP contribution is 2.32. The molecular formula is C20H21FN2O2. The Bertz CT molecular complexity index is 772. The van der Waals surface area contributed by atoms with E-state index < -0.39 is 0 Å². The summed E-state index contributed by atoms with van der Waals surface area (Å²) in [6.07, 6.45) is 3.02. The second-order valence-electron chi connectivity index (χ2n) is 5.94. The first-order valence-corrected chi connectivity index (χ1v) is 8.52. The molecule has 0 aliphatic heterocycles. The molecule has 0 radical (unpaired) electrons. The smallest absolute Gasteiger partial charge is 0.292 e. The number of fused-ring (bicyclic) bond motifs is 1. The van der Waals surface area contributed by atoms with Gasteiger partial charge in [0, 0.05) is 5.56 Å². The van der Waals surface area contributed by atoms with Crippen LogP contribution in [0.25, 0.3) is 0 Å². The lowest BCUT2D eigenvalue weighted by atomic mass is 9.88. The van der Waals surface area contributed by atoms with Gasteiger partial charge in [0.05, 0.1) is 12.6 Å². The van der Waals surface area contributed by atoms with Crippen LogP contribution >= 0.6 is 0 Å². The van der Waals surface area contributed by atoms with Crippen molar-refractivity contribution in [3.63, 3.8) is 0 Å². The van der Waals surface area contributed by atoms with Gasteiger partial charge in [-0.1, -0.05) is 24.3 Å². The maximum absolute atomic E-state index is 13.0. The quantitative estimate of drug-likeness (QED) is 0.677. The summed E-state index contributed by atoms with van der Waals surface area (Å²) in [7, 11) is 0. The summed E-state index contributed by atoms with van der Waals surface area (Å²) >= 11 is 0. The molecule has 1 amide bonds. The van der Waals surface area contributed by atoms with Crippen LogP contribution in [-0.2, 0) is 11.2 Å². The third-order valence-corrected chi connectivity index (χ3v) is 4.22. The van der Waals surface area contributed by atoms with E-state index in [1.165, 1.54) is 35.4 Å². The number of hydrogen-bond acceptors (Lipinski definition) is 3. The second kappa shape index (κ2) is 7.92. The second-order valence-corrected chi connectivity index (χ2v) is 5.94. The lowest BCUT2D eigenvalue weighted by Crippen LogP contribution is -2.33. The number of carbonyl (C=O) groups excluding carboxylic acids is 1. The Morgan fingerprint density at radius 2 is 2.00 bits per heavy atom.